The van der Waals surface area contributed by atoms with E-state index < -0.39 is 0 Å². The van der Waals surface area contributed by atoms with Crippen LogP contribution in [0.3, 0.4) is 0 Å². The third-order valence-electron chi connectivity index (χ3n) is 4.87. The molecule has 5 rings (SSSR count). The summed E-state index contributed by atoms with van der Waals surface area (Å²) in [6, 6.07) is 16.5. The first-order valence-corrected chi connectivity index (χ1v) is 9.98. The van der Waals surface area contributed by atoms with Gasteiger partial charge in [-0.2, -0.15) is 4.98 Å². The molecular formula is C24H19N3O5. The molecule has 160 valence electrons. The van der Waals surface area contributed by atoms with E-state index in [0.29, 0.717) is 28.8 Å². The van der Waals surface area contributed by atoms with Gasteiger partial charge in [-0.1, -0.05) is 29.8 Å². The molecule has 3 heterocycles. The van der Waals surface area contributed by atoms with Gasteiger partial charge in [-0.05, 0) is 31.2 Å². The number of ether oxygens (including phenoxy) is 3. The van der Waals surface area contributed by atoms with E-state index in [-0.39, 0.29) is 30.7 Å². The molecule has 0 radical (unpaired) electrons. The van der Waals surface area contributed by atoms with Crippen molar-refractivity contribution in [1.82, 2.24) is 15.3 Å². The fourth-order valence-electron chi connectivity index (χ4n) is 3.17. The highest BCUT2D eigenvalue weighted by atomic mass is 16.7. The summed E-state index contributed by atoms with van der Waals surface area (Å²) >= 11 is 0. The van der Waals surface area contributed by atoms with E-state index >= 15 is 0 Å². The maximum absolute atomic E-state index is 12.9. The van der Waals surface area contributed by atoms with Crippen LogP contribution in [0.5, 0.6) is 23.1 Å². The summed E-state index contributed by atoms with van der Waals surface area (Å²) in [6.45, 7) is 2.39. The van der Waals surface area contributed by atoms with Crippen LogP contribution < -0.4 is 19.5 Å². The van der Waals surface area contributed by atoms with Crippen LogP contribution in [0.15, 0.2) is 71.5 Å². The predicted octanol–water partition coefficient (Wildman–Crippen LogP) is 4.50. The second kappa shape index (κ2) is 8.43. The molecule has 0 saturated heterocycles. The van der Waals surface area contributed by atoms with Crippen molar-refractivity contribution in [1.29, 1.82) is 0 Å². The zero-order valence-corrected chi connectivity index (χ0v) is 17.2. The Hall–Kier alpha value is -4.33. The van der Waals surface area contributed by atoms with Gasteiger partial charge in [-0.25, -0.2) is 4.98 Å². The number of carbonyl (C=O) groups is 1. The Labute approximate surface area is 183 Å². The SMILES string of the molecule is Cc1ccc(-c2ncc(C(=O)NCc3ccco3)c(Oc3ccc4c(c3)OCO4)n2)cc1. The van der Waals surface area contributed by atoms with Crippen LogP contribution in [-0.4, -0.2) is 22.7 Å². The summed E-state index contributed by atoms with van der Waals surface area (Å²) < 4.78 is 22.0. The second-order valence-corrected chi connectivity index (χ2v) is 7.16. The summed E-state index contributed by atoms with van der Waals surface area (Å²) in [5, 5.41) is 2.80. The maximum atomic E-state index is 12.9. The zero-order valence-electron chi connectivity index (χ0n) is 17.2. The van der Waals surface area contributed by atoms with Crippen LogP contribution in [0.1, 0.15) is 21.7 Å². The van der Waals surface area contributed by atoms with Crippen molar-refractivity contribution in [3.8, 4) is 34.5 Å². The number of furan rings is 1. The minimum absolute atomic E-state index is 0.131. The van der Waals surface area contributed by atoms with Gasteiger partial charge in [0.15, 0.2) is 17.3 Å². The fourth-order valence-corrected chi connectivity index (χ4v) is 3.17. The molecule has 2 aromatic carbocycles. The molecule has 8 heteroatoms. The Balaban J connectivity index is 1.47. The average molecular weight is 429 g/mol. The molecule has 1 amide bonds. The molecule has 4 aromatic rings. The Morgan fingerprint density at radius 2 is 1.94 bits per heavy atom. The smallest absolute Gasteiger partial charge is 0.258 e. The molecule has 0 aliphatic carbocycles. The lowest BCUT2D eigenvalue weighted by atomic mass is 10.1. The summed E-state index contributed by atoms with van der Waals surface area (Å²) in [5.74, 6) is 2.50. The maximum Gasteiger partial charge on any atom is 0.258 e. The summed E-state index contributed by atoms with van der Waals surface area (Å²) in [7, 11) is 0. The van der Waals surface area contributed by atoms with Crippen molar-refractivity contribution in [2.75, 3.05) is 6.79 Å². The molecule has 32 heavy (non-hydrogen) atoms. The first-order chi connectivity index (χ1) is 15.7. The summed E-state index contributed by atoms with van der Waals surface area (Å²) in [6.07, 6.45) is 3.01. The van der Waals surface area contributed by atoms with E-state index in [1.165, 1.54) is 6.20 Å². The molecule has 1 N–H and O–H groups in total. The predicted molar refractivity (Wildman–Crippen MR) is 115 cm³/mol. The Bertz CT molecular complexity index is 1250. The van der Waals surface area contributed by atoms with E-state index in [0.717, 1.165) is 11.1 Å². The average Bonchev–Trinajstić information content (AvgIpc) is 3.50. The van der Waals surface area contributed by atoms with Crippen molar-refractivity contribution >= 4 is 5.91 Å². The van der Waals surface area contributed by atoms with Crippen molar-refractivity contribution < 1.29 is 23.4 Å². The monoisotopic (exact) mass is 429 g/mol. The molecule has 2 aromatic heterocycles. The van der Waals surface area contributed by atoms with E-state index in [9.17, 15) is 4.79 Å². The van der Waals surface area contributed by atoms with Gasteiger partial charge < -0.3 is 23.9 Å². The largest absolute Gasteiger partial charge is 0.467 e. The van der Waals surface area contributed by atoms with Crippen LogP contribution >= 0.6 is 0 Å². The topological polar surface area (TPSA) is 95.7 Å². The highest BCUT2D eigenvalue weighted by Crippen LogP contribution is 2.37. The molecule has 1 aliphatic heterocycles. The third kappa shape index (κ3) is 4.11. The number of nitrogens with zero attached hydrogens (tertiary/aromatic N) is 2. The molecular weight excluding hydrogens is 410 g/mol. The summed E-state index contributed by atoms with van der Waals surface area (Å²) in [4.78, 5) is 21.8. The van der Waals surface area contributed by atoms with Crippen LogP contribution in [0, 0.1) is 6.92 Å². The number of hydrogen-bond acceptors (Lipinski definition) is 7. The van der Waals surface area contributed by atoms with Gasteiger partial charge in [0, 0.05) is 17.8 Å². The number of aryl methyl sites for hydroxylation is 1. The van der Waals surface area contributed by atoms with Gasteiger partial charge in [-0.15, -0.1) is 0 Å². The fraction of sp³-hybridized carbons (Fsp3) is 0.125. The van der Waals surface area contributed by atoms with Crippen molar-refractivity contribution in [2.45, 2.75) is 13.5 Å². The molecule has 0 spiro atoms. The van der Waals surface area contributed by atoms with E-state index in [4.69, 9.17) is 18.6 Å². The van der Waals surface area contributed by atoms with E-state index in [2.05, 4.69) is 15.3 Å². The zero-order chi connectivity index (χ0) is 21.9. The van der Waals surface area contributed by atoms with Gasteiger partial charge in [0.05, 0.1) is 12.8 Å². The number of aromatic nitrogens is 2. The van der Waals surface area contributed by atoms with Crippen molar-refractivity contribution in [2.24, 2.45) is 0 Å². The second-order valence-electron chi connectivity index (χ2n) is 7.16. The minimum atomic E-state index is -0.382. The number of nitrogens with one attached hydrogen (secondary N) is 1. The number of hydrogen-bond donors (Lipinski definition) is 1. The van der Waals surface area contributed by atoms with Gasteiger partial charge in [0.25, 0.3) is 5.91 Å². The quantitative estimate of drug-likeness (QED) is 0.482. The highest BCUT2D eigenvalue weighted by molar-refractivity contribution is 5.96. The lowest BCUT2D eigenvalue weighted by Crippen LogP contribution is -2.23. The van der Waals surface area contributed by atoms with Gasteiger partial charge in [0.1, 0.15) is 17.1 Å². The molecule has 1 aliphatic rings. The van der Waals surface area contributed by atoms with Gasteiger partial charge >= 0.3 is 0 Å². The first-order valence-electron chi connectivity index (χ1n) is 9.98. The highest BCUT2D eigenvalue weighted by Gasteiger charge is 2.20. The van der Waals surface area contributed by atoms with Crippen LogP contribution in [0.25, 0.3) is 11.4 Å². The minimum Gasteiger partial charge on any atom is -0.467 e. The Kier molecular flexibility index (Phi) is 5.17. The lowest BCUT2D eigenvalue weighted by molar-refractivity contribution is 0.0944. The standard InChI is InChI=1S/C24H19N3O5/c1-15-4-6-16(7-5-15)22-25-13-19(23(28)26-12-18-3-2-10-29-18)24(27-22)32-17-8-9-20-21(11-17)31-14-30-20/h2-11,13H,12,14H2,1H3,(H,26,28). The third-order valence-corrected chi connectivity index (χ3v) is 4.87. The molecule has 0 bridgehead atoms. The number of fused-ring (bicyclic) bond motifs is 1. The van der Waals surface area contributed by atoms with E-state index in [1.54, 1.807) is 36.6 Å². The molecule has 8 nitrogen and oxygen atoms in total. The first kappa shape index (κ1) is 19.6. The van der Waals surface area contributed by atoms with Crippen molar-refractivity contribution in [3.63, 3.8) is 0 Å². The number of carbonyl (C=O) groups excluding carboxylic acids is 1. The number of benzene rings is 2. The summed E-state index contributed by atoms with van der Waals surface area (Å²) in [5.41, 5.74) is 2.14. The van der Waals surface area contributed by atoms with Crippen LogP contribution in [0.4, 0.5) is 0 Å². The normalized spacial score (nSPS) is 11.9. The molecule has 0 atom stereocenters. The van der Waals surface area contributed by atoms with Gasteiger partial charge in [0.2, 0.25) is 12.7 Å². The molecule has 0 fully saturated rings. The number of rotatable bonds is 6. The van der Waals surface area contributed by atoms with Gasteiger partial charge in [-0.3, -0.25) is 4.79 Å². The Morgan fingerprint density at radius 3 is 2.75 bits per heavy atom. The molecule has 0 unspecified atom stereocenters. The molecule has 0 saturated carbocycles. The Morgan fingerprint density at radius 1 is 1.09 bits per heavy atom. The lowest BCUT2D eigenvalue weighted by Gasteiger charge is -2.12. The number of amides is 1. The van der Waals surface area contributed by atoms with Crippen molar-refractivity contribution in [3.05, 3.63) is 83.9 Å². The van der Waals surface area contributed by atoms with E-state index in [1.807, 2.05) is 31.2 Å². The van der Waals surface area contributed by atoms with Crippen LogP contribution in [0.2, 0.25) is 0 Å². The van der Waals surface area contributed by atoms with Crippen LogP contribution in [-0.2, 0) is 6.54 Å².